The molecule has 0 aromatic heterocycles. The lowest BCUT2D eigenvalue weighted by molar-refractivity contribution is -0.0856. The Labute approximate surface area is 205 Å². The predicted octanol–water partition coefficient (Wildman–Crippen LogP) is 8.98. The second-order valence-electron chi connectivity index (χ2n) is 13.7. The van der Waals surface area contributed by atoms with Crippen LogP contribution in [-0.4, -0.2) is 17.9 Å². The molecule has 0 amide bonds. The van der Waals surface area contributed by atoms with Gasteiger partial charge < -0.3 is 9.05 Å². The van der Waals surface area contributed by atoms with Gasteiger partial charge in [-0.2, -0.15) is 0 Å². The number of fused-ring (bicyclic) bond motifs is 7. The number of hydrogen-bond acceptors (Lipinski definition) is 2. The van der Waals surface area contributed by atoms with Crippen LogP contribution in [0.5, 0.6) is 0 Å². The summed E-state index contributed by atoms with van der Waals surface area (Å²) in [5.41, 5.74) is 0.677. The van der Waals surface area contributed by atoms with Gasteiger partial charge in [0.25, 0.3) is 0 Å². The van der Waals surface area contributed by atoms with Crippen molar-refractivity contribution in [2.24, 2.45) is 53.3 Å². The fourth-order valence-electron chi connectivity index (χ4n) is 10.1. The molecule has 1 heterocycles. The molecule has 0 aromatic rings. The highest BCUT2D eigenvalue weighted by atomic mass is 31.2. The average molecular weight is 475 g/mol. The first-order valence-corrected chi connectivity index (χ1v) is 16.5. The Hall–Kier alpha value is 0.350. The first-order valence-electron chi connectivity index (χ1n) is 15.2. The minimum atomic E-state index is -0.751. The third-order valence-corrected chi connectivity index (χ3v) is 13.7. The van der Waals surface area contributed by atoms with Gasteiger partial charge in [-0.3, -0.25) is 0 Å². The molecule has 0 aromatic carbocycles. The Bertz CT molecular complexity index is 626. The molecule has 5 saturated carbocycles. The van der Waals surface area contributed by atoms with Crippen LogP contribution in [0.1, 0.15) is 117 Å². The summed E-state index contributed by atoms with van der Waals surface area (Å²) in [5.74, 6) is 7.90. The van der Waals surface area contributed by atoms with Crippen molar-refractivity contribution in [1.82, 2.24) is 0 Å². The Morgan fingerprint density at radius 2 is 1.18 bits per heavy atom. The highest BCUT2D eigenvalue weighted by Crippen LogP contribution is 2.65. The van der Waals surface area contributed by atoms with Crippen molar-refractivity contribution in [2.75, 3.05) is 0 Å². The fraction of sp³-hybridized carbons (Fsp3) is 1.00. The summed E-state index contributed by atoms with van der Waals surface area (Å²) in [6.45, 7) is 7.42. The minimum Gasteiger partial charge on any atom is -0.330 e. The largest absolute Gasteiger partial charge is 0.330 e. The van der Waals surface area contributed by atoms with Crippen LogP contribution in [0.2, 0.25) is 0 Å². The van der Waals surface area contributed by atoms with Gasteiger partial charge >= 0.3 is 0 Å². The van der Waals surface area contributed by atoms with E-state index in [9.17, 15) is 0 Å². The average Bonchev–Trinajstić information content (AvgIpc) is 3.01. The Kier molecular flexibility index (Phi) is 7.20. The van der Waals surface area contributed by atoms with Gasteiger partial charge in [-0.05, 0) is 105 Å². The van der Waals surface area contributed by atoms with Crippen molar-refractivity contribution in [3.05, 3.63) is 0 Å². The van der Waals surface area contributed by atoms with E-state index in [4.69, 9.17) is 9.05 Å². The van der Waals surface area contributed by atoms with E-state index in [1.54, 1.807) is 0 Å². The van der Waals surface area contributed by atoms with Crippen LogP contribution < -0.4 is 0 Å². The Morgan fingerprint density at radius 1 is 0.636 bits per heavy atom. The van der Waals surface area contributed by atoms with Crippen molar-refractivity contribution in [3.8, 4) is 0 Å². The van der Waals surface area contributed by atoms with Crippen LogP contribution in [0, 0.1) is 53.3 Å². The molecule has 11 unspecified atom stereocenters. The fourth-order valence-corrected chi connectivity index (χ4v) is 12.8. The molecule has 1 saturated heterocycles. The molecular formula is C30H51O2P. The van der Waals surface area contributed by atoms with Gasteiger partial charge in [-0.1, -0.05) is 65.7 Å². The minimum absolute atomic E-state index is 0.510. The lowest BCUT2D eigenvalue weighted by Crippen LogP contribution is -2.51. The van der Waals surface area contributed by atoms with Gasteiger partial charge in [-0.25, -0.2) is 0 Å². The van der Waals surface area contributed by atoms with Gasteiger partial charge in [0, 0.05) is 5.66 Å². The molecule has 5 aliphatic carbocycles. The van der Waals surface area contributed by atoms with E-state index in [1.165, 1.54) is 96.3 Å². The van der Waals surface area contributed by atoms with Crippen molar-refractivity contribution in [1.29, 1.82) is 0 Å². The number of rotatable bonds is 2. The SMILES string of the molecule is CC1CCC(C(C)C)C(P2OC3CCC4CCCCC4C3C3C(CCC4CCCCC43)O2)C1. The maximum atomic E-state index is 7.35. The van der Waals surface area contributed by atoms with Gasteiger partial charge in [-0.15, -0.1) is 0 Å². The zero-order chi connectivity index (χ0) is 22.5. The van der Waals surface area contributed by atoms with E-state index >= 15 is 0 Å². The number of hydrogen-bond donors (Lipinski definition) is 0. The summed E-state index contributed by atoms with van der Waals surface area (Å²) in [4.78, 5) is 0. The van der Waals surface area contributed by atoms with Crippen molar-refractivity contribution in [3.63, 3.8) is 0 Å². The molecule has 6 fully saturated rings. The van der Waals surface area contributed by atoms with Gasteiger partial charge in [0.15, 0.2) is 8.38 Å². The lowest BCUT2D eigenvalue weighted by Gasteiger charge is -2.53. The molecule has 0 bridgehead atoms. The van der Waals surface area contributed by atoms with E-state index in [-0.39, 0.29) is 0 Å². The van der Waals surface area contributed by atoms with Crippen LogP contribution in [0.25, 0.3) is 0 Å². The molecule has 2 nitrogen and oxygen atoms in total. The van der Waals surface area contributed by atoms with Gasteiger partial charge in [0.1, 0.15) is 0 Å². The lowest BCUT2D eigenvalue weighted by atomic mass is 9.53. The highest BCUT2D eigenvalue weighted by Gasteiger charge is 2.56. The molecule has 6 rings (SSSR count). The van der Waals surface area contributed by atoms with Crippen molar-refractivity contribution < 1.29 is 9.05 Å². The highest BCUT2D eigenvalue weighted by molar-refractivity contribution is 7.48. The third-order valence-electron chi connectivity index (χ3n) is 11.6. The molecule has 11 atom stereocenters. The molecule has 188 valence electrons. The smallest absolute Gasteiger partial charge is 0.174 e. The summed E-state index contributed by atoms with van der Waals surface area (Å²) in [6.07, 6.45) is 22.6. The molecule has 0 N–H and O–H groups in total. The molecule has 1 aliphatic heterocycles. The van der Waals surface area contributed by atoms with Crippen LogP contribution in [0.4, 0.5) is 0 Å². The predicted molar refractivity (Wildman–Crippen MR) is 138 cm³/mol. The standard InChI is InChI=1S/C30H51O2P/c1-19(2)23-15-12-20(3)18-28(23)33-31-26-16-13-21-8-4-6-10-24(21)29(26)30-25-11-7-5-9-22(25)14-17-27(30)32-33/h19-30H,4-18H2,1-3H3. The zero-order valence-electron chi connectivity index (χ0n) is 21.8. The molecular weight excluding hydrogens is 423 g/mol. The van der Waals surface area contributed by atoms with E-state index < -0.39 is 8.38 Å². The van der Waals surface area contributed by atoms with Crippen LogP contribution in [0.15, 0.2) is 0 Å². The maximum absolute atomic E-state index is 7.35. The molecule has 33 heavy (non-hydrogen) atoms. The molecule has 0 radical (unpaired) electrons. The van der Waals surface area contributed by atoms with Crippen LogP contribution in [0.3, 0.4) is 0 Å². The van der Waals surface area contributed by atoms with Gasteiger partial charge in [0.2, 0.25) is 0 Å². The molecule has 3 heteroatoms. The third kappa shape index (κ3) is 4.50. The Balaban J connectivity index is 1.34. The van der Waals surface area contributed by atoms with Crippen LogP contribution in [-0.2, 0) is 9.05 Å². The van der Waals surface area contributed by atoms with Crippen molar-refractivity contribution >= 4 is 8.38 Å². The Morgan fingerprint density at radius 3 is 1.73 bits per heavy atom. The van der Waals surface area contributed by atoms with Crippen molar-refractivity contribution in [2.45, 2.75) is 135 Å². The van der Waals surface area contributed by atoms with E-state index in [0.717, 1.165) is 53.3 Å². The van der Waals surface area contributed by atoms with Crippen LogP contribution >= 0.6 is 8.38 Å². The summed E-state index contributed by atoms with van der Waals surface area (Å²) >= 11 is 0. The summed E-state index contributed by atoms with van der Waals surface area (Å²) in [5, 5.41) is 0. The monoisotopic (exact) mass is 474 g/mol. The quantitative estimate of drug-likeness (QED) is 0.372. The molecule has 6 aliphatic rings. The molecule has 0 spiro atoms. The van der Waals surface area contributed by atoms with E-state index in [2.05, 4.69) is 20.8 Å². The topological polar surface area (TPSA) is 18.5 Å². The van der Waals surface area contributed by atoms with Gasteiger partial charge in [0.05, 0.1) is 12.2 Å². The van der Waals surface area contributed by atoms with E-state index in [1.807, 2.05) is 0 Å². The summed E-state index contributed by atoms with van der Waals surface area (Å²) in [7, 11) is -0.751. The second-order valence-corrected chi connectivity index (χ2v) is 15.3. The maximum Gasteiger partial charge on any atom is 0.174 e. The first kappa shape index (κ1) is 23.7. The first-order chi connectivity index (χ1) is 16.1. The summed E-state index contributed by atoms with van der Waals surface area (Å²) < 4.78 is 14.7. The van der Waals surface area contributed by atoms with E-state index in [0.29, 0.717) is 17.9 Å². The second kappa shape index (κ2) is 10.0. The summed E-state index contributed by atoms with van der Waals surface area (Å²) in [6, 6.07) is 0. The normalized spacial score (nSPS) is 52.7. The zero-order valence-corrected chi connectivity index (χ0v) is 22.7.